The Morgan fingerprint density at radius 1 is 1.50 bits per heavy atom. The van der Waals surface area contributed by atoms with Gasteiger partial charge in [-0.15, -0.1) is 0 Å². The molecule has 0 spiro atoms. The Kier molecular flexibility index (Phi) is 2.32. The zero-order valence-electron chi connectivity index (χ0n) is 6.80. The molecule has 10 heavy (non-hydrogen) atoms. The molecule has 1 saturated carbocycles. The van der Waals surface area contributed by atoms with Crippen molar-refractivity contribution in [3.63, 3.8) is 0 Å². The maximum atomic E-state index is 8.54. The molecule has 1 heteroatoms. The van der Waals surface area contributed by atoms with Crippen LogP contribution >= 0.6 is 0 Å². The molecule has 0 aliphatic heterocycles. The Morgan fingerprint density at radius 2 is 2.10 bits per heavy atom. The van der Waals surface area contributed by atoms with E-state index >= 15 is 0 Å². The van der Waals surface area contributed by atoms with Gasteiger partial charge in [0.05, 0.1) is 6.07 Å². The van der Waals surface area contributed by atoms with Gasteiger partial charge in [-0.1, -0.05) is 6.92 Å². The quantitative estimate of drug-likeness (QED) is 0.586. The number of nitrogens with zero attached hydrogens (tertiary/aromatic N) is 1. The van der Waals surface area contributed by atoms with E-state index in [0.717, 1.165) is 18.3 Å². The Hall–Kier alpha value is -0.510. The number of nitriles is 1. The van der Waals surface area contributed by atoms with Crippen LogP contribution < -0.4 is 0 Å². The van der Waals surface area contributed by atoms with Crippen molar-refractivity contribution in [2.45, 2.75) is 33.1 Å². The molecule has 0 saturated heterocycles. The summed E-state index contributed by atoms with van der Waals surface area (Å²) in [6.07, 6.45) is 3.90. The molecule has 2 atom stereocenters. The van der Waals surface area contributed by atoms with Crippen LogP contribution in [-0.2, 0) is 0 Å². The monoisotopic (exact) mass is 137 g/mol. The van der Waals surface area contributed by atoms with E-state index in [4.69, 9.17) is 5.26 Å². The molecule has 0 aromatic heterocycles. The zero-order valence-corrected chi connectivity index (χ0v) is 6.80. The normalized spacial score (nSPS) is 23.3. The molecule has 0 amide bonds. The smallest absolute Gasteiger partial charge is 0.0652 e. The highest BCUT2D eigenvalue weighted by Crippen LogP contribution is 2.39. The van der Waals surface area contributed by atoms with Crippen molar-refractivity contribution < 1.29 is 0 Å². The summed E-state index contributed by atoms with van der Waals surface area (Å²) >= 11 is 0. The average molecular weight is 137 g/mol. The van der Waals surface area contributed by atoms with Gasteiger partial charge in [-0.3, -0.25) is 0 Å². The summed E-state index contributed by atoms with van der Waals surface area (Å²) < 4.78 is 0. The van der Waals surface area contributed by atoms with Crippen LogP contribution in [0.1, 0.15) is 33.1 Å². The molecule has 1 nitrogen and oxygen atoms in total. The van der Waals surface area contributed by atoms with Gasteiger partial charge in [0.1, 0.15) is 0 Å². The van der Waals surface area contributed by atoms with Gasteiger partial charge >= 0.3 is 0 Å². The van der Waals surface area contributed by atoms with Crippen LogP contribution in [0.3, 0.4) is 0 Å². The summed E-state index contributed by atoms with van der Waals surface area (Å²) in [5.41, 5.74) is 0. The van der Waals surface area contributed by atoms with Gasteiger partial charge in [0.15, 0.2) is 0 Å². The van der Waals surface area contributed by atoms with Crippen molar-refractivity contribution >= 4 is 0 Å². The lowest BCUT2D eigenvalue weighted by atomic mass is 9.95. The Bertz CT molecular complexity index is 141. The largest absolute Gasteiger partial charge is 0.198 e. The van der Waals surface area contributed by atoms with Gasteiger partial charge in [-0.2, -0.15) is 5.26 Å². The Labute approximate surface area is 63.0 Å². The highest BCUT2D eigenvalue weighted by molar-refractivity contribution is 4.85. The fourth-order valence-electron chi connectivity index (χ4n) is 1.47. The summed E-state index contributed by atoms with van der Waals surface area (Å²) in [7, 11) is 0. The number of hydrogen-bond donors (Lipinski definition) is 0. The van der Waals surface area contributed by atoms with Crippen LogP contribution in [0.5, 0.6) is 0 Å². The fourth-order valence-corrected chi connectivity index (χ4v) is 1.47. The van der Waals surface area contributed by atoms with Crippen LogP contribution in [0.2, 0.25) is 0 Å². The molecule has 0 aromatic rings. The van der Waals surface area contributed by atoms with E-state index in [2.05, 4.69) is 13.0 Å². The first-order valence-electron chi connectivity index (χ1n) is 4.13. The highest BCUT2D eigenvalue weighted by Gasteiger charge is 2.28. The number of rotatable bonds is 3. The fraction of sp³-hybridized carbons (Fsp3) is 0.889. The third-order valence-corrected chi connectivity index (χ3v) is 2.37. The molecule has 0 N–H and O–H groups in total. The minimum Gasteiger partial charge on any atom is -0.198 e. The first kappa shape index (κ1) is 7.60. The Morgan fingerprint density at radius 3 is 2.50 bits per heavy atom. The highest BCUT2D eigenvalue weighted by atomic mass is 14.3. The molecule has 1 aliphatic carbocycles. The molecule has 0 aromatic carbocycles. The molecular weight excluding hydrogens is 122 g/mol. The van der Waals surface area contributed by atoms with Gasteiger partial charge in [-0.05, 0) is 38.0 Å². The second-order valence-electron chi connectivity index (χ2n) is 3.58. The van der Waals surface area contributed by atoms with E-state index in [0.29, 0.717) is 0 Å². The molecular formula is C9H15N. The molecule has 0 radical (unpaired) electrons. The zero-order chi connectivity index (χ0) is 7.56. The lowest BCUT2D eigenvalue weighted by Crippen LogP contribution is -2.02. The molecule has 56 valence electrons. The van der Waals surface area contributed by atoms with Crippen LogP contribution in [0.4, 0.5) is 0 Å². The van der Waals surface area contributed by atoms with Crippen LogP contribution in [-0.4, -0.2) is 0 Å². The summed E-state index contributed by atoms with van der Waals surface area (Å²) in [4.78, 5) is 0. The first-order chi connectivity index (χ1) is 4.74. The van der Waals surface area contributed by atoms with Gasteiger partial charge in [0.25, 0.3) is 0 Å². The topological polar surface area (TPSA) is 23.8 Å². The summed E-state index contributed by atoms with van der Waals surface area (Å²) in [6.45, 7) is 4.28. The molecule has 1 rings (SSSR count). The minimum absolute atomic E-state index is 0.260. The molecule has 0 bridgehead atoms. The molecule has 0 heterocycles. The summed E-state index contributed by atoms with van der Waals surface area (Å²) in [5, 5.41) is 8.54. The minimum atomic E-state index is 0.260. The molecule has 1 aliphatic rings. The maximum Gasteiger partial charge on any atom is 0.0652 e. The lowest BCUT2D eigenvalue weighted by molar-refractivity contribution is 0.424. The van der Waals surface area contributed by atoms with E-state index in [1.165, 1.54) is 12.8 Å². The summed E-state index contributed by atoms with van der Waals surface area (Å²) in [5.74, 6) is 2.00. The third-order valence-electron chi connectivity index (χ3n) is 2.37. The Balaban J connectivity index is 2.17. The van der Waals surface area contributed by atoms with Crippen LogP contribution in [0, 0.1) is 29.1 Å². The predicted molar refractivity (Wildman–Crippen MR) is 41.3 cm³/mol. The SMILES string of the molecule is CC(C#N)CC(C)C1CC1. The van der Waals surface area contributed by atoms with Crippen molar-refractivity contribution in [1.82, 2.24) is 0 Å². The van der Waals surface area contributed by atoms with Crippen LogP contribution in [0.25, 0.3) is 0 Å². The van der Waals surface area contributed by atoms with E-state index in [1.807, 2.05) is 6.92 Å². The second-order valence-corrected chi connectivity index (χ2v) is 3.58. The maximum absolute atomic E-state index is 8.54. The summed E-state index contributed by atoms with van der Waals surface area (Å²) in [6, 6.07) is 2.28. The third kappa shape index (κ3) is 2.02. The standard InChI is InChI=1S/C9H15N/c1-7(6-10)5-8(2)9-3-4-9/h7-9H,3-5H2,1-2H3. The second kappa shape index (κ2) is 3.05. The van der Waals surface area contributed by atoms with E-state index < -0.39 is 0 Å². The van der Waals surface area contributed by atoms with Crippen molar-refractivity contribution in [3.8, 4) is 6.07 Å². The van der Waals surface area contributed by atoms with Crippen molar-refractivity contribution in [2.75, 3.05) is 0 Å². The molecule has 2 unspecified atom stereocenters. The van der Waals surface area contributed by atoms with Crippen molar-refractivity contribution in [1.29, 1.82) is 5.26 Å². The molecule has 1 fully saturated rings. The van der Waals surface area contributed by atoms with E-state index in [1.54, 1.807) is 0 Å². The van der Waals surface area contributed by atoms with Crippen LogP contribution in [0.15, 0.2) is 0 Å². The van der Waals surface area contributed by atoms with E-state index in [-0.39, 0.29) is 5.92 Å². The van der Waals surface area contributed by atoms with Gasteiger partial charge in [-0.25, -0.2) is 0 Å². The average Bonchev–Trinajstić information content (AvgIpc) is 2.68. The van der Waals surface area contributed by atoms with Gasteiger partial charge < -0.3 is 0 Å². The predicted octanol–water partition coefficient (Wildman–Crippen LogP) is 2.58. The van der Waals surface area contributed by atoms with Gasteiger partial charge in [0, 0.05) is 5.92 Å². The lowest BCUT2D eigenvalue weighted by Gasteiger charge is -2.09. The van der Waals surface area contributed by atoms with Crippen molar-refractivity contribution in [2.24, 2.45) is 17.8 Å². The van der Waals surface area contributed by atoms with E-state index in [9.17, 15) is 0 Å². The van der Waals surface area contributed by atoms with Gasteiger partial charge in [0.2, 0.25) is 0 Å². The number of hydrogen-bond acceptors (Lipinski definition) is 1. The first-order valence-corrected chi connectivity index (χ1v) is 4.13. The van der Waals surface area contributed by atoms with Crippen molar-refractivity contribution in [3.05, 3.63) is 0 Å².